The Balaban J connectivity index is 1.92. The van der Waals surface area contributed by atoms with Gasteiger partial charge in [0.1, 0.15) is 11.9 Å². The average molecular weight is 234 g/mol. The molecule has 1 aliphatic heterocycles. The maximum atomic E-state index is 9.56. The molecule has 0 unspecified atom stereocenters. The van der Waals surface area contributed by atoms with Gasteiger partial charge in [-0.25, -0.2) is 0 Å². The van der Waals surface area contributed by atoms with Gasteiger partial charge in [0.05, 0.1) is 19.5 Å². The molecule has 3 atom stereocenters. The lowest BCUT2D eigenvalue weighted by Gasteiger charge is -2.46. The molecule has 0 aromatic carbocycles. The highest BCUT2D eigenvalue weighted by molar-refractivity contribution is 5.19. The predicted molar refractivity (Wildman–Crippen MR) is 63.4 cm³/mol. The van der Waals surface area contributed by atoms with Crippen LogP contribution in [-0.4, -0.2) is 18.3 Å². The van der Waals surface area contributed by atoms with Crippen LogP contribution in [0.25, 0.3) is 0 Å². The Morgan fingerprint density at radius 1 is 1.53 bits per heavy atom. The normalized spacial score (nSPS) is 36.7. The summed E-state index contributed by atoms with van der Waals surface area (Å²) in [6.45, 7) is 2.98. The van der Waals surface area contributed by atoms with Crippen molar-refractivity contribution in [3.05, 3.63) is 35.8 Å². The summed E-state index contributed by atoms with van der Waals surface area (Å²) in [4.78, 5) is 0. The smallest absolute Gasteiger partial charge is 0.133 e. The molecule has 1 aromatic heterocycles. The first-order valence-corrected chi connectivity index (χ1v) is 6.17. The number of fused-ring (bicyclic) bond motifs is 2. The molecule has 2 heterocycles. The summed E-state index contributed by atoms with van der Waals surface area (Å²) in [5.74, 6) is 1.24. The first-order chi connectivity index (χ1) is 8.24. The number of aliphatic hydroxyl groups is 1. The Bertz CT molecular complexity index is 421. The van der Waals surface area contributed by atoms with E-state index in [1.54, 1.807) is 6.26 Å². The Labute approximate surface area is 101 Å². The minimum atomic E-state index is -0.0622. The minimum Gasteiger partial charge on any atom is -0.467 e. The van der Waals surface area contributed by atoms with Crippen molar-refractivity contribution in [1.29, 1.82) is 0 Å². The summed E-state index contributed by atoms with van der Waals surface area (Å²) in [7, 11) is 0. The van der Waals surface area contributed by atoms with Crippen LogP contribution in [0.15, 0.2) is 34.5 Å². The van der Waals surface area contributed by atoms with Gasteiger partial charge in [0.2, 0.25) is 0 Å². The maximum Gasteiger partial charge on any atom is 0.133 e. The van der Waals surface area contributed by atoms with E-state index >= 15 is 0 Å². The first kappa shape index (κ1) is 11.1. The Kier molecular flexibility index (Phi) is 2.60. The van der Waals surface area contributed by atoms with Gasteiger partial charge in [-0.05, 0) is 31.9 Å². The van der Waals surface area contributed by atoms with Gasteiger partial charge in [-0.3, -0.25) is 0 Å². The van der Waals surface area contributed by atoms with Gasteiger partial charge in [0, 0.05) is 11.3 Å². The highest BCUT2D eigenvalue weighted by Crippen LogP contribution is 2.49. The summed E-state index contributed by atoms with van der Waals surface area (Å²) in [6.07, 6.45) is 5.88. The van der Waals surface area contributed by atoms with Crippen molar-refractivity contribution in [1.82, 2.24) is 0 Å². The molecule has 1 N–H and O–H groups in total. The second-order valence-electron chi connectivity index (χ2n) is 5.37. The van der Waals surface area contributed by atoms with Crippen molar-refractivity contribution < 1.29 is 14.3 Å². The van der Waals surface area contributed by atoms with E-state index in [0.717, 1.165) is 18.6 Å². The molecular weight excluding hydrogens is 216 g/mol. The van der Waals surface area contributed by atoms with Gasteiger partial charge in [-0.2, -0.15) is 0 Å². The van der Waals surface area contributed by atoms with Crippen LogP contribution in [0.3, 0.4) is 0 Å². The second kappa shape index (κ2) is 4.00. The summed E-state index contributed by atoms with van der Waals surface area (Å²) in [5.41, 5.74) is 1.29. The summed E-state index contributed by atoms with van der Waals surface area (Å²) >= 11 is 0. The molecule has 2 bridgehead atoms. The van der Waals surface area contributed by atoms with E-state index in [9.17, 15) is 5.11 Å². The van der Waals surface area contributed by atoms with Crippen molar-refractivity contribution in [2.24, 2.45) is 11.3 Å². The lowest BCUT2D eigenvalue weighted by Crippen LogP contribution is -2.43. The number of ether oxygens (including phenoxy) is 1. The van der Waals surface area contributed by atoms with Crippen LogP contribution in [0, 0.1) is 11.3 Å². The summed E-state index contributed by atoms with van der Waals surface area (Å²) in [5, 5.41) is 9.56. The van der Waals surface area contributed by atoms with E-state index in [1.165, 1.54) is 5.57 Å². The lowest BCUT2D eigenvalue weighted by atomic mass is 9.67. The first-order valence-electron chi connectivity index (χ1n) is 6.17. The topological polar surface area (TPSA) is 42.6 Å². The standard InChI is InChI=1S/C14H18O3/c1-10-4-5-14(8-15)7-11(10)13(17-9-14)12-3-2-6-16-12/h2-4,6,11,13,15H,5,7-9H2,1H3/t11-,13+,14-/m1/s1. The van der Waals surface area contributed by atoms with Crippen molar-refractivity contribution >= 4 is 0 Å². The maximum absolute atomic E-state index is 9.56. The minimum absolute atomic E-state index is 0.0150. The fraction of sp³-hybridized carbons (Fsp3) is 0.571. The van der Waals surface area contributed by atoms with E-state index in [4.69, 9.17) is 9.15 Å². The lowest BCUT2D eigenvalue weighted by molar-refractivity contribution is -0.120. The Morgan fingerprint density at radius 2 is 2.41 bits per heavy atom. The van der Waals surface area contributed by atoms with Crippen LogP contribution in [0.4, 0.5) is 0 Å². The Hall–Kier alpha value is -1.06. The van der Waals surface area contributed by atoms with E-state index in [1.807, 2.05) is 12.1 Å². The fourth-order valence-electron chi connectivity index (χ4n) is 2.99. The van der Waals surface area contributed by atoms with Gasteiger partial charge in [-0.15, -0.1) is 0 Å². The molecule has 1 saturated heterocycles. The summed E-state index contributed by atoms with van der Waals surface area (Å²) in [6, 6.07) is 3.87. The molecule has 17 heavy (non-hydrogen) atoms. The molecule has 0 amide bonds. The average Bonchev–Trinajstić information content (AvgIpc) is 2.88. The molecule has 1 fully saturated rings. The van der Waals surface area contributed by atoms with Crippen LogP contribution in [0.2, 0.25) is 0 Å². The molecular formula is C14H18O3. The van der Waals surface area contributed by atoms with E-state index in [2.05, 4.69) is 13.0 Å². The quantitative estimate of drug-likeness (QED) is 0.800. The van der Waals surface area contributed by atoms with E-state index in [-0.39, 0.29) is 18.1 Å². The third kappa shape index (κ3) is 1.74. The van der Waals surface area contributed by atoms with E-state index in [0.29, 0.717) is 12.5 Å². The number of furan rings is 1. The molecule has 1 aromatic rings. The number of rotatable bonds is 2. The monoisotopic (exact) mass is 234 g/mol. The zero-order valence-corrected chi connectivity index (χ0v) is 10.1. The zero-order chi connectivity index (χ0) is 11.9. The van der Waals surface area contributed by atoms with Gasteiger partial charge in [-0.1, -0.05) is 11.6 Å². The van der Waals surface area contributed by atoms with Gasteiger partial charge in [0.25, 0.3) is 0 Å². The van der Waals surface area contributed by atoms with Crippen LogP contribution in [-0.2, 0) is 4.74 Å². The van der Waals surface area contributed by atoms with Gasteiger partial charge in [0.15, 0.2) is 0 Å². The van der Waals surface area contributed by atoms with Gasteiger partial charge < -0.3 is 14.3 Å². The molecule has 0 spiro atoms. The van der Waals surface area contributed by atoms with Crippen LogP contribution < -0.4 is 0 Å². The largest absolute Gasteiger partial charge is 0.467 e. The van der Waals surface area contributed by atoms with E-state index < -0.39 is 0 Å². The van der Waals surface area contributed by atoms with Crippen LogP contribution in [0.5, 0.6) is 0 Å². The highest BCUT2D eigenvalue weighted by atomic mass is 16.5. The fourth-order valence-corrected chi connectivity index (χ4v) is 2.99. The number of hydrogen-bond donors (Lipinski definition) is 1. The molecule has 92 valence electrons. The SMILES string of the molecule is CC1=CC[C@@]2(CO)CO[C@H](c3ccco3)[C@@H]1C2. The second-order valence-corrected chi connectivity index (χ2v) is 5.37. The van der Waals surface area contributed by atoms with Crippen LogP contribution in [0.1, 0.15) is 31.6 Å². The summed E-state index contributed by atoms with van der Waals surface area (Å²) < 4.78 is 11.4. The Morgan fingerprint density at radius 3 is 3.12 bits per heavy atom. The molecule has 3 nitrogen and oxygen atoms in total. The van der Waals surface area contributed by atoms with Crippen molar-refractivity contribution in [2.45, 2.75) is 25.9 Å². The number of aliphatic hydroxyl groups excluding tert-OH is 1. The number of allylic oxidation sites excluding steroid dienone is 1. The molecule has 0 saturated carbocycles. The molecule has 3 heteroatoms. The zero-order valence-electron chi connectivity index (χ0n) is 10.1. The molecule has 1 aliphatic carbocycles. The van der Waals surface area contributed by atoms with Crippen molar-refractivity contribution in [3.63, 3.8) is 0 Å². The van der Waals surface area contributed by atoms with Crippen molar-refractivity contribution in [2.75, 3.05) is 13.2 Å². The third-order valence-corrected chi connectivity index (χ3v) is 4.19. The molecule has 3 rings (SSSR count). The highest BCUT2D eigenvalue weighted by Gasteiger charge is 2.45. The predicted octanol–water partition coefficient (Wildman–Crippen LogP) is 2.69. The van der Waals surface area contributed by atoms with Crippen molar-refractivity contribution in [3.8, 4) is 0 Å². The molecule has 0 radical (unpaired) electrons. The van der Waals surface area contributed by atoms with Crippen LogP contribution >= 0.6 is 0 Å². The van der Waals surface area contributed by atoms with Gasteiger partial charge >= 0.3 is 0 Å². The molecule has 2 aliphatic rings. The number of hydrogen-bond acceptors (Lipinski definition) is 3. The third-order valence-electron chi connectivity index (χ3n) is 4.19.